The number of likely N-dealkylation sites (N-methyl/N-ethyl adjacent to an activating group) is 2. The van der Waals surface area contributed by atoms with Gasteiger partial charge in [-0.3, -0.25) is 0 Å². The van der Waals surface area contributed by atoms with Gasteiger partial charge >= 0.3 is 0 Å². The maximum absolute atomic E-state index is 3.45. The van der Waals surface area contributed by atoms with Crippen molar-refractivity contribution in [3.05, 3.63) is 35.9 Å². The van der Waals surface area contributed by atoms with Crippen LogP contribution in [0.2, 0.25) is 0 Å². The number of rotatable bonds is 8. The topological polar surface area (TPSA) is 18.5 Å². The smallest absolute Gasteiger partial charge is 0.0472 e. The van der Waals surface area contributed by atoms with Gasteiger partial charge in [-0.05, 0) is 60.2 Å². The summed E-state index contributed by atoms with van der Waals surface area (Å²) in [5.41, 5.74) is 1.36. The van der Waals surface area contributed by atoms with E-state index in [0.29, 0.717) is 12.1 Å². The van der Waals surface area contributed by atoms with Crippen molar-refractivity contribution in [2.24, 2.45) is 0 Å². The van der Waals surface area contributed by atoms with Gasteiger partial charge in [-0.15, -0.1) is 0 Å². The molecule has 0 aliphatic rings. The number of nitrogens with zero attached hydrogens (tertiary/aromatic N) is 2. The van der Waals surface area contributed by atoms with E-state index in [0.717, 1.165) is 13.1 Å². The largest absolute Gasteiger partial charge is 0.312 e. The number of hydrogen-bond acceptors (Lipinski definition) is 3. The first-order valence-electron chi connectivity index (χ1n) is 7.13. The lowest BCUT2D eigenvalue weighted by Crippen LogP contribution is -2.40. The molecule has 0 radical (unpaired) electrons. The first-order valence-corrected chi connectivity index (χ1v) is 7.13. The minimum absolute atomic E-state index is 0.380. The van der Waals surface area contributed by atoms with Crippen LogP contribution in [0.15, 0.2) is 30.3 Å². The summed E-state index contributed by atoms with van der Waals surface area (Å²) in [6.07, 6.45) is 1.21. The lowest BCUT2D eigenvalue weighted by molar-refractivity contribution is 0.202. The van der Waals surface area contributed by atoms with Gasteiger partial charge in [0.2, 0.25) is 0 Å². The molecule has 3 heteroatoms. The van der Waals surface area contributed by atoms with Crippen LogP contribution in [0.5, 0.6) is 0 Å². The van der Waals surface area contributed by atoms with Crippen molar-refractivity contribution in [1.82, 2.24) is 15.1 Å². The molecule has 0 bridgehead atoms. The van der Waals surface area contributed by atoms with E-state index in [9.17, 15) is 0 Å². The molecule has 0 aliphatic heterocycles. The third-order valence-corrected chi connectivity index (χ3v) is 3.76. The van der Waals surface area contributed by atoms with E-state index in [1.807, 2.05) is 7.05 Å². The van der Waals surface area contributed by atoms with Crippen LogP contribution in [0.3, 0.4) is 0 Å². The molecule has 1 aromatic carbocycles. The predicted molar refractivity (Wildman–Crippen MR) is 83.5 cm³/mol. The second-order valence-corrected chi connectivity index (χ2v) is 5.56. The molecule has 0 aliphatic carbocycles. The number of hydrogen-bond donors (Lipinski definition) is 1. The zero-order chi connectivity index (χ0) is 14.3. The third-order valence-electron chi connectivity index (χ3n) is 3.76. The molecule has 0 fully saturated rings. The molecule has 0 aromatic heterocycles. The van der Waals surface area contributed by atoms with E-state index in [1.165, 1.54) is 12.0 Å². The van der Waals surface area contributed by atoms with Gasteiger partial charge in [0.1, 0.15) is 0 Å². The van der Waals surface area contributed by atoms with Crippen LogP contribution in [0.1, 0.15) is 24.9 Å². The van der Waals surface area contributed by atoms with Crippen molar-refractivity contribution in [2.75, 3.05) is 41.3 Å². The van der Waals surface area contributed by atoms with Crippen molar-refractivity contribution in [3.63, 3.8) is 0 Å². The summed E-state index contributed by atoms with van der Waals surface area (Å²) >= 11 is 0. The highest BCUT2D eigenvalue weighted by atomic mass is 15.2. The molecule has 3 nitrogen and oxygen atoms in total. The van der Waals surface area contributed by atoms with Crippen LogP contribution in [0, 0.1) is 0 Å². The van der Waals surface area contributed by atoms with Crippen LogP contribution in [0.25, 0.3) is 0 Å². The highest BCUT2D eigenvalue weighted by Gasteiger charge is 2.20. The van der Waals surface area contributed by atoms with Crippen molar-refractivity contribution in [2.45, 2.75) is 25.4 Å². The van der Waals surface area contributed by atoms with E-state index >= 15 is 0 Å². The molecule has 1 N–H and O–H groups in total. The van der Waals surface area contributed by atoms with Crippen LogP contribution < -0.4 is 5.32 Å². The van der Waals surface area contributed by atoms with Crippen LogP contribution in [-0.2, 0) is 0 Å². The van der Waals surface area contributed by atoms with Crippen molar-refractivity contribution in [1.29, 1.82) is 0 Å². The summed E-state index contributed by atoms with van der Waals surface area (Å²) < 4.78 is 0. The molecular formula is C16H29N3. The standard InChI is InChI=1S/C16H29N3/c1-14(19(5)13-9-12-18(3)4)16(17-2)15-10-7-6-8-11-15/h6-8,10-11,14,16-17H,9,12-13H2,1-5H3. The zero-order valence-corrected chi connectivity index (χ0v) is 13.1. The molecule has 19 heavy (non-hydrogen) atoms. The monoisotopic (exact) mass is 263 g/mol. The maximum atomic E-state index is 3.45. The Morgan fingerprint density at radius 3 is 2.21 bits per heavy atom. The van der Waals surface area contributed by atoms with E-state index in [4.69, 9.17) is 0 Å². The minimum Gasteiger partial charge on any atom is -0.312 e. The highest BCUT2D eigenvalue weighted by molar-refractivity contribution is 5.20. The molecule has 0 amide bonds. The average Bonchev–Trinajstić information content (AvgIpc) is 2.40. The SMILES string of the molecule is CNC(c1ccccc1)C(C)N(C)CCCN(C)C. The summed E-state index contributed by atoms with van der Waals surface area (Å²) in [6.45, 7) is 4.57. The second-order valence-electron chi connectivity index (χ2n) is 5.56. The zero-order valence-electron chi connectivity index (χ0n) is 13.1. The fraction of sp³-hybridized carbons (Fsp3) is 0.625. The number of nitrogens with one attached hydrogen (secondary N) is 1. The fourth-order valence-electron chi connectivity index (χ4n) is 2.44. The van der Waals surface area contributed by atoms with Crippen molar-refractivity contribution < 1.29 is 0 Å². The Morgan fingerprint density at radius 1 is 1.05 bits per heavy atom. The predicted octanol–water partition coefficient (Wildman–Crippen LogP) is 2.22. The van der Waals surface area contributed by atoms with E-state index in [1.54, 1.807) is 0 Å². The Balaban J connectivity index is 2.55. The van der Waals surface area contributed by atoms with Gasteiger partial charge < -0.3 is 15.1 Å². The lowest BCUT2D eigenvalue weighted by Gasteiger charge is -2.32. The molecule has 0 saturated carbocycles. The number of benzene rings is 1. The highest BCUT2D eigenvalue weighted by Crippen LogP contribution is 2.19. The first kappa shape index (κ1) is 16.2. The van der Waals surface area contributed by atoms with E-state index in [-0.39, 0.29) is 0 Å². The maximum Gasteiger partial charge on any atom is 0.0472 e. The quantitative estimate of drug-likeness (QED) is 0.776. The summed E-state index contributed by atoms with van der Waals surface area (Å²) in [4.78, 5) is 4.68. The average molecular weight is 263 g/mol. The van der Waals surface area contributed by atoms with E-state index in [2.05, 4.69) is 73.5 Å². The Kier molecular flexibility index (Phi) is 7.06. The third kappa shape index (κ3) is 5.31. The van der Waals surface area contributed by atoms with Crippen LogP contribution >= 0.6 is 0 Å². The normalized spacial score (nSPS) is 14.9. The van der Waals surface area contributed by atoms with Gasteiger partial charge in [-0.1, -0.05) is 30.3 Å². The van der Waals surface area contributed by atoms with Gasteiger partial charge in [-0.2, -0.15) is 0 Å². The molecule has 108 valence electrons. The summed E-state index contributed by atoms with van der Waals surface area (Å²) in [6, 6.07) is 11.6. The molecule has 2 unspecified atom stereocenters. The summed E-state index contributed by atoms with van der Waals surface area (Å²) in [7, 11) is 8.52. The van der Waals surface area contributed by atoms with Crippen LogP contribution in [-0.4, -0.2) is 57.1 Å². The Labute approximate surface area is 118 Å². The molecule has 2 atom stereocenters. The molecule has 0 spiro atoms. The molecule has 0 saturated heterocycles. The van der Waals surface area contributed by atoms with Crippen molar-refractivity contribution in [3.8, 4) is 0 Å². The molecule has 1 rings (SSSR count). The molecule has 1 aromatic rings. The fourth-order valence-corrected chi connectivity index (χ4v) is 2.44. The van der Waals surface area contributed by atoms with Crippen molar-refractivity contribution >= 4 is 0 Å². The Hall–Kier alpha value is -0.900. The molecule has 0 heterocycles. The van der Waals surface area contributed by atoms with Gasteiger partial charge in [0, 0.05) is 12.1 Å². The Bertz CT molecular complexity index is 337. The summed E-state index contributed by atoms with van der Waals surface area (Å²) in [5, 5.41) is 3.45. The van der Waals surface area contributed by atoms with Gasteiger partial charge in [0.05, 0.1) is 0 Å². The van der Waals surface area contributed by atoms with Crippen LogP contribution in [0.4, 0.5) is 0 Å². The van der Waals surface area contributed by atoms with Gasteiger partial charge in [-0.25, -0.2) is 0 Å². The Morgan fingerprint density at radius 2 is 1.68 bits per heavy atom. The lowest BCUT2D eigenvalue weighted by atomic mass is 9.99. The minimum atomic E-state index is 0.380. The molecular weight excluding hydrogens is 234 g/mol. The second kappa shape index (κ2) is 8.31. The van der Waals surface area contributed by atoms with E-state index < -0.39 is 0 Å². The first-order chi connectivity index (χ1) is 9.06. The van der Waals surface area contributed by atoms with Gasteiger partial charge in [0.25, 0.3) is 0 Å². The summed E-state index contributed by atoms with van der Waals surface area (Å²) in [5.74, 6) is 0. The van der Waals surface area contributed by atoms with Gasteiger partial charge in [0.15, 0.2) is 0 Å².